The quantitative estimate of drug-likeness (QED) is 0.676. The zero-order valence-electron chi connectivity index (χ0n) is 18.0. The Kier molecular flexibility index (Phi) is 7.81. The topological polar surface area (TPSA) is 65.2 Å². The molecule has 30 heavy (non-hydrogen) atoms. The highest BCUT2D eigenvalue weighted by Crippen LogP contribution is 2.17. The summed E-state index contributed by atoms with van der Waals surface area (Å²) in [6.07, 6.45) is 6.02. The zero-order valence-corrected chi connectivity index (χ0v) is 18.0. The van der Waals surface area contributed by atoms with Crippen molar-refractivity contribution < 1.29 is 4.79 Å². The number of amides is 1. The van der Waals surface area contributed by atoms with Gasteiger partial charge < -0.3 is 4.90 Å². The van der Waals surface area contributed by atoms with E-state index in [1.165, 1.54) is 5.56 Å². The summed E-state index contributed by atoms with van der Waals surface area (Å²) in [4.78, 5) is 17.1. The smallest absolute Gasteiger partial charge is 0.222 e. The first-order valence-corrected chi connectivity index (χ1v) is 10.7. The molecule has 0 unspecified atom stereocenters. The van der Waals surface area contributed by atoms with Crippen molar-refractivity contribution in [2.45, 2.75) is 39.7 Å². The minimum Gasteiger partial charge on any atom is -0.340 e. The molecule has 1 amide bonds. The van der Waals surface area contributed by atoms with Crippen LogP contribution in [-0.2, 0) is 17.8 Å². The van der Waals surface area contributed by atoms with Crippen molar-refractivity contribution in [3.05, 3.63) is 58.9 Å². The molecule has 1 aromatic heterocycles. The van der Waals surface area contributed by atoms with Gasteiger partial charge in [0.15, 0.2) is 0 Å². The lowest BCUT2D eigenvalue weighted by molar-refractivity contribution is -0.132. The van der Waals surface area contributed by atoms with E-state index in [0.717, 1.165) is 49.7 Å². The van der Waals surface area contributed by atoms with Crippen LogP contribution >= 0.6 is 0 Å². The van der Waals surface area contributed by atoms with E-state index in [4.69, 9.17) is 5.26 Å². The Balaban J connectivity index is 1.43. The van der Waals surface area contributed by atoms with Gasteiger partial charge in [0, 0.05) is 44.8 Å². The van der Waals surface area contributed by atoms with E-state index in [2.05, 4.69) is 40.4 Å². The average molecular weight is 406 g/mol. The number of hydrogen-bond acceptors (Lipinski definition) is 4. The fourth-order valence-electron chi connectivity index (χ4n) is 3.94. The molecule has 1 aliphatic rings. The molecule has 0 atom stereocenters. The minimum atomic E-state index is 0.220. The van der Waals surface area contributed by atoms with E-state index in [-0.39, 0.29) is 5.91 Å². The first-order chi connectivity index (χ1) is 14.6. The number of piperazine rings is 1. The molecular weight excluding hydrogens is 374 g/mol. The Labute approximate surface area is 179 Å². The molecule has 158 valence electrons. The Morgan fingerprint density at radius 1 is 1.17 bits per heavy atom. The van der Waals surface area contributed by atoms with E-state index < -0.39 is 0 Å². The van der Waals surface area contributed by atoms with E-state index in [1.807, 2.05) is 41.6 Å². The molecule has 1 fully saturated rings. The summed E-state index contributed by atoms with van der Waals surface area (Å²) in [5.41, 5.74) is 4.40. The van der Waals surface area contributed by atoms with Crippen molar-refractivity contribution in [2.75, 3.05) is 32.7 Å². The van der Waals surface area contributed by atoms with Gasteiger partial charge in [-0.1, -0.05) is 42.5 Å². The van der Waals surface area contributed by atoms with Crippen molar-refractivity contribution in [2.24, 2.45) is 0 Å². The van der Waals surface area contributed by atoms with Crippen LogP contribution in [0.1, 0.15) is 35.4 Å². The summed E-state index contributed by atoms with van der Waals surface area (Å²) in [6.45, 7) is 8.93. The van der Waals surface area contributed by atoms with Gasteiger partial charge in [0.1, 0.15) is 0 Å². The Hall–Kier alpha value is -2.91. The van der Waals surface area contributed by atoms with E-state index in [0.29, 0.717) is 25.8 Å². The molecule has 0 bridgehead atoms. The lowest BCUT2D eigenvalue weighted by Gasteiger charge is -2.34. The molecule has 3 rings (SSSR count). The van der Waals surface area contributed by atoms with Gasteiger partial charge in [-0.25, -0.2) is 0 Å². The fraction of sp³-hybridized carbons (Fsp3) is 0.458. The van der Waals surface area contributed by atoms with Crippen LogP contribution in [0.2, 0.25) is 0 Å². The van der Waals surface area contributed by atoms with Crippen LogP contribution in [-0.4, -0.2) is 58.2 Å². The minimum absolute atomic E-state index is 0.220. The predicted octanol–water partition coefficient (Wildman–Crippen LogP) is 3.20. The molecule has 2 aromatic rings. The molecule has 1 saturated heterocycles. The van der Waals surface area contributed by atoms with E-state index in [9.17, 15) is 4.79 Å². The second kappa shape index (κ2) is 10.7. The second-order valence-corrected chi connectivity index (χ2v) is 7.78. The van der Waals surface area contributed by atoms with Crippen molar-refractivity contribution in [3.8, 4) is 6.07 Å². The number of aryl methyl sites for hydroxylation is 2. The number of carbonyl (C=O) groups is 1. The molecule has 0 N–H and O–H groups in total. The first kappa shape index (κ1) is 21.8. The number of aromatic nitrogens is 2. The van der Waals surface area contributed by atoms with Gasteiger partial charge >= 0.3 is 0 Å². The van der Waals surface area contributed by atoms with Gasteiger partial charge in [0.2, 0.25) is 5.91 Å². The predicted molar refractivity (Wildman–Crippen MR) is 119 cm³/mol. The summed E-state index contributed by atoms with van der Waals surface area (Å²) in [6, 6.07) is 12.5. The van der Waals surface area contributed by atoms with Crippen LogP contribution in [0.3, 0.4) is 0 Å². The molecular formula is C24H31N5O. The van der Waals surface area contributed by atoms with Crippen molar-refractivity contribution in [3.63, 3.8) is 0 Å². The highest BCUT2D eigenvalue weighted by atomic mass is 16.2. The third-order valence-corrected chi connectivity index (χ3v) is 5.75. The summed E-state index contributed by atoms with van der Waals surface area (Å²) >= 11 is 0. The normalized spacial score (nSPS) is 14.9. The summed E-state index contributed by atoms with van der Waals surface area (Å²) < 4.78 is 1.89. The SMILES string of the molecule is Cc1nn(CCC#N)c(C)c1CCC(=O)N1CCN(C/C=C/c2ccccc2)CC1. The van der Waals surface area contributed by atoms with Gasteiger partial charge in [0.05, 0.1) is 24.7 Å². The fourth-order valence-corrected chi connectivity index (χ4v) is 3.94. The van der Waals surface area contributed by atoms with E-state index in [1.54, 1.807) is 0 Å². The lowest BCUT2D eigenvalue weighted by atomic mass is 10.1. The molecule has 2 heterocycles. The number of hydrogen-bond donors (Lipinski definition) is 0. The average Bonchev–Trinajstić information content (AvgIpc) is 3.04. The van der Waals surface area contributed by atoms with Crippen LogP contribution in [0.15, 0.2) is 36.4 Å². The maximum absolute atomic E-state index is 12.7. The van der Waals surface area contributed by atoms with Crippen molar-refractivity contribution in [1.82, 2.24) is 19.6 Å². The maximum Gasteiger partial charge on any atom is 0.222 e. The van der Waals surface area contributed by atoms with E-state index >= 15 is 0 Å². The van der Waals surface area contributed by atoms with Gasteiger partial charge in [0.25, 0.3) is 0 Å². The summed E-state index contributed by atoms with van der Waals surface area (Å²) in [5, 5.41) is 13.3. The summed E-state index contributed by atoms with van der Waals surface area (Å²) in [7, 11) is 0. The largest absolute Gasteiger partial charge is 0.340 e. The molecule has 6 heteroatoms. The van der Waals surface area contributed by atoms with Crippen molar-refractivity contribution >= 4 is 12.0 Å². The lowest BCUT2D eigenvalue weighted by Crippen LogP contribution is -2.48. The molecule has 0 radical (unpaired) electrons. The zero-order chi connectivity index (χ0) is 21.3. The number of nitrogens with zero attached hydrogens (tertiary/aromatic N) is 5. The van der Waals surface area contributed by atoms with Crippen molar-refractivity contribution in [1.29, 1.82) is 5.26 Å². The second-order valence-electron chi connectivity index (χ2n) is 7.78. The number of carbonyl (C=O) groups excluding carboxylic acids is 1. The van der Waals surface area contributed by atoms with Gasteiger partial charge in [-0.15, -0.1) is 0 Å². The van der Waals surface area contributed by atoms with Gasteiger partial charge in [-0.05, 0) is 31.4 Å². The molecule has 0 saturated carbocycles. The van der Waals surface area contributed by atoms with Crippen LogP contribution in [0.25, 0.3) is 6.08 Å². The monoisotopic (exact) mass is 405 g/mol. The Morgan fingerprint density at radius 2 is 1.90 bits per heavy atom. The third kappa shape index (κ3) is 5.80. The van der Waals surface area contributed by atoms with Crippen LogP contribution in [0.4, 0.5) is 0 Å². The molecule has 1 aromatic carbocycles. The molecule has 1 aliphatic heterocycles. The highest BCUT2D eigenvalue weighted by Gasteiger charge is 2.21. The van der Waals surface area contributed by atoms with Crippen LogP contribution < -0.4 is 0 Å². The third-order valence-electron chi connectivity index (χ3n) is 5.75. The Bertz CT molecular complexity index is 902. The molecule has 6 nitrogen and oxygen atoms in total. The van der Waals surface area contributed by atoms with Crippen LogP contribution in [0, 0.1) is 25.2 Å². The molecule has 0 aliphatic carbocycles. The number of benzene rings is 1. The molecule has 0 spiro atoms. The number of rotatable bonds is 8. The number of nitriles is 1. The Morgan fingerprint density at radius 3 is 2.60 bits per heavy atom. The van der Waals surface area contributed by atoms with Gasteiger partial charge in [-0.2, -0.15) is 10.4 Å². The van der Waals surface area contributed by atoms with Gasteiger partial charge in [-0.3, -0.25) is 14.4 Å². The highest BCUT2D eigenvalue weighted by molar-refractivity contribution is 5.76. The van der Waals surface area contributed by atoms with Crippen LogP contribution in [0.5, 0.6) is 0 Å². The standard InChI is InChI=1S/C24H31N5O/c1-20-23(21(2)29(26-20)15-7-13-25)11-12-24(30)28-18-16-27(17-19-28)14-6-10-22-8-4-3-5-9-22/h3-6,8-10H,7,11-12,14-19H2,1-2H3/b10-6+. The summed E-state index contributed by atoms with van der Waals surface area (Å²) in [5.74, 6) is 0.220. The maximum atomic E-state index is 12.7. The first-order valence-electron chi connectivity index (χ1n) is 10.7.